The molecule has 2 aliphatic heterocycles. The van der Waals surface area contributed by atoms with Gasteiger partial charge in [0.25, 0.3) is 0 Å². The molecular weight excluding hydrogens is 620 g/mol. The van der Waals surface area contributed by atoms with Gasteiger partial charge >= 0.3 is 0 Å². The van der Waals surface area contributed by atoms with Crippen molar-refractivity contribution < 1.29 is 78.8 Å². The van der Waals surface area contributed by atoms with E-state index in [1.807, 2.05) is 0 Å². The third kappa shape index (κ3) is 5.99. The zero-order valence-electron chi connectivity index (χ0n) is 24.6. The molecule has 0 spiro atoms. The lowest BCUT2D eigenvalue weighted by atomic mass is 9.98. The summed E-state index contributed by atoms with van der Waals surface area (Å²) in [6, 6.07) is 4.45. The number of ether oxygens (including phenoxy) is 6. The molecule has 46 heavy (non-hydrogen) atoms. The summed E-state index contributed by atoms with van der Waals surface area (Å²) >= 11 is 0. The van der Waals surface area contributed by atoms with Crippen molar-refractivity contribution in [3.05, 3.63) is 34.5 Å². The molecule has 3 heterocycles. The molecule has 3 aromatic rings. The van der Waals surface area contributed by atoms with E-state index in [2.05, 4.69) is 0 Å². The van der Waals surface area contributed by atoms with Crippen LogP contribution < -0.4 is 19.6 Å². The van der Waals surface area contributed by atoms with E-state index in [4.69, 9.17) is 32.8 Å². The van der Waals surface area contributed by atoms with Crippen LogP contribution in [-0.2, 0) is 14.2 Å². The Morgan fingerprint density at radius 1 is 0.761 bits per heavy atom. The first kappa shape index (κ1) is 33.5. The topological polar surface area (TPSA) is 268 Å². The van der Waals surface area contributed by atoms with Crippen LogP contribution in [0.1, 0.15) is 6.92 Å². The van der Waals surface area contributed by atoms with Crippen LogP contribution in [-0.4, -0.2) is 128 Å². The number of hydrogen-bond acceptors (Lipinski definition) is 17. The van der Waals surface area contributed by atoms with Gasteiger partial charge in [-0.25, -0.2) is 0 Å². The average Bonchev–Trinajstić information content (AvgIpc) is 3.02. The van der Waals surface area contributed by atoms with Crippen molar-refractivity contribution in [2.24, 2.45) is 0 Å². The summed E-state index contributed by atoms with van der Waals surface area (Å²) in [7, 11) is 2.51. The first-order chi connectivity index (χ1) is 21.8. The highest BCUT2D eigenvalue weighted by Gasteiger charge is 2.48. The highest BCUT2D eigenvalue weighted by atomic mass is 16.7. The molecule has 5 rings (SSSR count). The molecule has 0 saturated carbocycles. The van der Waals surface area contributed by atoms with E-state index in [0.29, 0.717) is 0 Å². The summed E-state index contributed by atoms with van der Waals surface area (Å²) < 4.78 is 38.6. The lowest BCUT2D eigenvalue weighted by Gasteiger charge is -2.42. The van der Waals surface area contributed by atoms with Gasteiger partial charge in [0.2, 0.25) is 23.2 Å². The molecule has 1 aromatic heterocycles. The van der Waals surface area contributed by atoms with Gasteiger partial charge in [-0.3, -0.25) is 4.79 Å². The van der Waals surface area contributed by atoms with Crippen LogP contribution in [0.15, 0.2) is 33.5 Å². The molecule has 2 aromatic carbocycles. The molecule has 2 saturated heterocycles. The molecule has 0 unspecified atom stereocenters. The molecule has 17 heteroatoms. The Kier molecular flexibility index (Phi) is 9.50. The van der Waals surface area contributed by atoms with Crippen molar-refractivity contribution in [3.63, 3.8) is 0 Å². The van der Waals surface area contributed by atoms with E-state index in [9.17, 15) is 50.8 Å². The Morgan fingerprint density at radius 2 is 1.37 bits per heavy atom. The predicted octanol–water partition coefficient (Wildman–Crippen LogP) is -1.38. The highest BCUT2D eigenvalue weighted by molar-refractivity contribution is 5.88. The van der Waals surface area contributed by atoms with Gasteiger partial charge in [0.1, 0.15) is 65.2 Å². The fourth-order valence-corrected chi connectivity index (χ4v) is 5.20. The highest BCUT2D eigenvalue weighted by Crippen LogP contribution is 2.44. The number of phenols is 3. The number of rotatable bonds is 8. The fraction of sp³-hybridized carbons (Fsp3) is 0.483. The average molecular weight is 655 g/mol. The maximum Gasteiger partial charge on any atom is 0.239 e. The molecule has 0 amide bonds. The van der Waals surface area contributed by atoms with Crippen molar-refractivity contribution in [1.82, 2.24) is 0 Å². The maximum absolute atomic E-state index is 13.8. The molecular formula is C29H34O17. The minimum Gasteiger partial charge on any atom is -0.508 e. The van der Waals surface area contributed by atoms with Crippen LogP contribution in [0.2, 0.25) is 0 Å². The summed E-state index contributed by atoms with van der Waals surface area (Å²) in [5, 5.41) is 92.7. The first-order valence-corrected chi connectivity index (χ1v) is 13.9. The summed E-state index contributed by atoms with van der Waals surface area (Å²) in [5.74, 6) is -2.76. The van der Waals surface area contributed by atoms with E-state index in [0.717, 1.165) is 12.1 Å². The number of fused-ring (bicyclic) bond motifs is 1. The Morgan fingerprint density at radius 3 is 2.00 bits per heavy atom. The number of benzene rings is 2. The van der Waals surface area contributed by atoms with Gasteiger partial charge in [-0.05, 0) is 19.1 Å². The molecule has 10 atom stereocenters. The van der Waals surface area contributed by atoms with Gasteiger partial charge in [-0.1, -0.05) is 0 Å². The molecule has 2 aliphatic rings. The normalized spacial score (nSPS) is 31.5. The fourth-order valence-electron chi connectivity index (χ4n) is 5.20. The van der Waals surface area contributed by atoms with Gasteiger partial charge in [0.05, 0.1) is 26.9 Å². The van der Waals surface area contributed by atoms with Crippen molar-refractivity contribution in [2.45, 2.75) is 68.3 Å². The van der Waals surface area contributed by atoms with Crippen LogP contribution >= 0.6 is 0 Å². The second-order valence-electron chi connectivity index (χ2n) is 10.8. The second-order valence-corrected chi connectivity index (χ2v) is 10.8. The van der Waals surface area contributed by atoms with Gasteiger partial charge in [0.15, 0.2) is 23.5 Å². The van der Waals surface area contributed by atoms with Crippen LogP contribution in [0, 0.1) is 0 Å². The zero-order valence-corrected chi connectivity index (χ0v) is 24.6. The Balaban J connectivity index is 1.52. The van der Waals surface area contributed by atoms with Crippen molar-refractivity contribution >= 4 is 11.0 Å². The van der Waals surface area contributed by atoms with Crippen LogP contribution in [0.4, 0.5) is 0 Å². The van der Waals surface area contributed by atoms with Gasteiger partial charge < -0.3 is 78.8 Å². The number of methoxy groups -OCH3 is 2. The van der Waals surface area contributed by atoms with E-state index < -0.39 is 96.1 Å². The number of aromatic hydroxyl groups is 3. The standard InChI is InChI=1S/C29H34O17/c1-9-18(32)22(36)24(38)28(43-9)42-8-16-20(34)23(37)25(39)29(45-16)46-27-21(35)17-12(31)6-11(30)7-13(17)44-26(27)10-4-14(40-2)19(33)15(5-10)41-3/h4-7,9,16,18,20,22-25,28-34,36-39H,8H2,1-3H3/t9-,16+,18-,20+,22+,23-,24+,25+,28+,29-/m0/s1. The summed E-state index contributed by atoms with van der Waals surface area (Å²) in [5.41, 5.74) is -1.27. The van der Waals surface area contributed by atoms with Crippen LogP contribution in [0.25, 0.3) is 22.3 Å². The van der Waals surface area contributed by atoms with Crippen molar-refractivity contribution in [1.29, 1.82) is 0 Å². The van der Waals surface area contributed by atoms with E-state index in [1.54, 1.807) is 0 Å². The van der Waals surface area contributed by atoms with Crippen molar-refractivity contribution in [3.8, 4) is 45.8 Å². The Labute approximate surface area is 259 Å². The quantitative estimate of drug-likeness (QED) is 0.135. The van der Waals surface area contributed by atoms with E-state index in [1.165, 1.54) is 33.3 Å². The lowest BCUT2D eigenvalue weighted by Crippen LogP contribution is -2.61. The zero-order chi connectivity index (χ0) is 33.6. The monoisotopic (exact) mass is 654 g/mol. The minimum atomic E-state index is -1.97. The minimum absolute atomic E-state index is 0.0207. The smallest absolute Gasteiger partial charge is 0.239 e. The third-order valence-corrected chi connectivity index (χ3v) is 7.80. The third-order valence-electron chi connectivity index (χ3n) is 7.80. The molecule has 0 bridgehead atoms. The van der Waals surface area contributed by atoms with Gasteiger partial charge in [-0.15, -0.1) is 0 Å². The van der Waals surface area contributed by atoms with Gasteiger partial charge in [0, 0.05) is 17.7 Å². The van der Waals surface area contributed by atoms with E-state index in [-0.39, 0.29) is 34.2 Å². The molecule has 17 nitrogen and oxygen atoms in total. The number of aliphatic hydroxyl groups excluding tert-OH is 6. The Hall–Kier alpha value is -3.91. The maximum atomic E-state index is 13.8. The number of hydrogen-bond donors (Lipinski definition) is 9. The lowest BCUT2D eigenvalue weighted by molar-refractivity contribution is -0.318. The molecule has 9 N–H and O–H groups in total. The molecule has 252 valence electrons. The van der Waals surface area contributed by atoms with E-state index >= 15 is 0 Å². The first-order valence-electron chi connectivity index (χ1n) is 13.9. The molecule has 0 radical (unpaired) electrons. The van der Waals surface area contributed by atoms with Crippen molar-refractivity contribution in [2.75, 3.05) is 20.8 Å². The van der Waals surface area contributed by atoms with Crippen LogP contribution in [0.5, 0.6) is 34.5 Å². The van der Waals surface area contributed by atoms with Crippen LogP contribution in [0.3, 0.4) is 0 Å². The largest absolute Gasteiger partial charge is 0.508 e. The summed E-state index contributed by atoms with van der Waals surface area (Å²) in [6.07, 6.45) is -16.2. The Bertz CT molecular complexity index is 1600. The second kappa shape index (κ2) is 13.1. The predicted molar refractivity (Wildman–Crippen MR) is 152 cm³/mol. The van der Waals surface area contributed by atoms with Gasteiger partial charge in [-0.2, -0.15) is 0 Å². The SMILES string of the molecule is COc1cc(-c2oc3cc(O)cc(O)c3c(=O)c2O[C@@H]2O[C@H](CO[C@@H]3O[C@@H](C)[C@H](O)[C@@H](O)[C@H]3O)[C@@H](O)[C@H](O)[C@H]2O)cc(OC)c1O. The molecule has 0 aliphatic carbocycles. The summed E-state index contributed by atoms with van der Waals surface area (Å²) in [4.78, 5) is 13.8. The number of aliphatic hydroxyl groups is 6. The molecule has 2 fully saturated rings. The number of phenolic OH excluding ortho intramolecular Hbond substituents is 3. The summed E-state index contributed by atoms with van der Waals surface area (Å²) in [6.45, 7) is 0.824.